The third-order valence-electron chi connectivity index (χ3n) is 2.99. The Labute approximate surface area is 99.8 Å². The van der Waals surface area contributed by atoms with Gasteiger partial charge < -0.3 is 4.74 Å². The summed E-state index contributed by atoms with van der Waals surface area (Å²) in [6.07, 6.45) is 4.05. The van der Waals surface area contributed by atoms with Crippen LogP contribution in [0, 0.1) is 13.8 Å². The summed E-state index contributed by atoms with van der Waals surface area (Å²) < 4.78 is 5.87. The van der Waals surface area contributed by atoms with Crippen molar-refractivity contribution in [1.82, 2.24) is 0 Å². The molecule has 0 fully saturated rings. The molecule has 0 aromatic heterocycles. The van der Waals surface area contributed by atoms with E-state index in [9.17, 15) is 0 Å². The van der Waals surface area contributed by atoms with E-state index in [1.807, 2.05) is 0 Å². The fourth-order valence-electron chi connectivity index (χ4n) is 1.76. The molecule has 1 nitrogen and oxygen atoms in total. The summed E-state index contributed by atoms with van der Waals surface area (Å²) in [4.78, 5) is 0. The molecule has 0 heterocycles. The van der Waals surface area contributed by atoms with Crippen LogP contribution in [-0.2, 0) is 11.3 Å². The molecule has 1 unspecified atom stereocenters. The maximum atomic E-state index is 5.87. The minimum absolute atomic E-state index is 0.375. The van der Waals surface area contributed by atoms with Crippen LogP contribution in [0.2, 0.25) is 0 Å². The summed E-state index contributed by atoms with van der Waals surface area (Å²) >= 11 is 0. The fraction of sp³-hybridized carbons (Fsp3) is 0.600. The van der Waals surface area contributed by atoms with E-state index >= 15 is 0 Å². The Bertz CT molecular complexity index is 317. The van der Waals surface area contributed by atoms with Crippen molar-refractivity contribution in [3.05, 3.63) is 34.9 Å². The van der Waals surface area contributed by atoms with Crippen molar-refractivity contribution < 1.29 is 4.74 Å². The van der Waals surface area contributed by atoms with Gasteiger partial charge in [-0.15, -0.1) is 0 Å². The van der Waals surface area contributed by atoms with E-state index in [1.165, 1.54) is 36.0 Å². The molecular formula is C15H24O. The average molecular weight is 220 g/mol. The van der Waals surface area contributed by atoms with Gasteiger partial charge in [0.05, 0.1) is 12.7 Å². The van der Waals surface area contributed by atoms with Gasteiger partial charge in [0.15, 0.2) is 0 Å². The zero-order valence-electron chi connectivity index (χ0n) is 11.0. The molecule has 0 aliphatic rings. The second-order valence-corrected chi connectivity index (χ2v) is 4.69. The highest BCUT2D eigenvalue weighted by Crippen LogP contribution is 2.14. The average Bonchev–Trinajstić information content (AvgIpc) is 2.27. The number of ether oxygens (including phenoxy) is 1. The molecule has 0 amide bonds. The summed E-state index contributed by atoms with van der Waals surface area (Å²) in [6.45, 7) is 9.41. The third-order valence-corrected chi connectivity index (χ3v) is 2.99. The summed E-state index contributed by atoms with van der Waals surface area (Å²) in [5.74, 6) is 0. The van der Waals surface area contributed by atoms with Crippen LogP contribution >= 0.6 is 0 Å². The predicted octanol–water partition coefficient (Wildman–Crippen LogP) is 4.40. The van der Waals surface area contributed by atoms with Gasteiger partial charge in [-0.1, -0.05) is 43.5 Å². The Morgan fingerprint density at radius 3 is 2.69 bits per heavy atom. The van der Waals surface area contributed by atoms with Gasteiger partial charge in [-0.05, 0) is 38.3 Å². The second kappa shape index (κ2) is 6.70. The lowest BCUT2D eigenvalue weighted by Crippen LogP contribution is -2.08. The largest absolute Gasteiger partial charge is 0.374 e. The summed E-state index contributed by atoms with van der Waals surface area (Å²) in [6, 6.07) is 6.55. The van der Waals surface area contributed by atoms with Gasteiger partial charge >= 0.3 is 0 Å². The first-order valence-corrected chi connectivity index (χ1v) is 6.31. The van der Waals surface area contributed by atoms with E-state index in [2.05, 4.69) is 45.9 Å². The highest BCUT2D eigenvalue weighted by Gasteiger charge is 2.04. The molecule has 0 spiro atoms. The number of hydrogen-bond acceptors (Lipinski definition) is 1. The van der Waals surface area contributed by atoms with Gasteiger partial charge in [0, 0.05) is 0 Å². The van der Waals surface area contributed by atoms with Gasteiger partial charge in [0.2, 0.25) is 0 Å². The van der Waals surface area contributed by atoms with Crippen LogP contribution in [-0.4, -0.2) is 6.10 Å². The van der Waals surface area contributed by atoms with Gasteiger partial charge in [-0.2, -0.15) is 0 Å². The lowest BCUT2D eigenvalue weighted by molar-refractivity contribution is 0.0459. The van der Waals surface area contributed by atoms with Crippen molar-refractivity contribution in [3.63, 3.8) is 0 Å². The number of hydrogen-bond donors (Lipinski definition) is 0. The molecule has 90 valence electrons. The van der Waals surface area contributed by atoms with Crippen LogP contribution in [0.4, 0.5) is 0 Å². The first kappa shape index (κ1) is 13.2. The van der Waals surface area contributed by atoms with Crippen LogP contribution in [0.1, 0.15) is 49.8 Å². The molecule has 0 N–H and O–H groups in total. The van der Waals surface area contributed by atoms with Crippen molar-refractivity contribution in [3.8, 4) is 0 Å². The van der Waals surface area contributed by atoms with Crippen LogP contribution < -0.4 is 0 Å². The Hall–Kier alpha value is -0.820. The molecule has 1 aromatic carbocycles. The lowest BCUT2D eigenvalue weighted by atomic mass is 10.1. The normalized spacial score (nSPS) is 12.8. The molecule has 1 heteroatoms. The van der Waals surface area contributed by atoms with E-state index < -0.39 is 0 Å². The molecule has 0 radical (unpaired) electrons. The quantitative estimate of drug-likeness (QED) is 0.690. The number of benzene rings is 1. The second-order valence-electron chi connectivity index (χ2n) is 4.69. The van der Waals surface area contributed by atoms with Crippen molar-refractivity contribution in [1.29, 1.82) is 0 Å². The first-order valence-electron chi connectivity index (χ1n) is 6.31. The molecule has 0 bridgehead atoms. The van der Waals surface area contributed by atoms with E-state index in [4.69, 9.17) is 4.74 Å². The SMILES string of the molecule is CCCCC(C)OCc1cc(C)ccc1C. The Balaban J connectivity index is 2.44. The third kappa shape index (κ3) is 4.36. The van der Waals surface area contributed by atoms with Crippen molar-refractivity contribution in [2.24, 2.45) is 0 Å². The summed E-state index contributed by atoms with van der Waals surface area (Å²) in [5, 5.41) is 0. The van der Waals surface area contributed by atoms with Crippen LogP contribution in [0.5, 0.6) is 0 Å². The van der Waals surface area contributed by atoms with Gasteiger partial charge in [-0.25, -0.2) is 0 Å². The van der Waals surface area contributed by atoms with Crippen molar-refractivity contribution in [2.45, 2.75) is 59.7 Å². The van der Waals surface area contributed by atoms with Crippen LogP contribution in [0.25, 0.3) is 0 Å². The molecule has 1 aromatic rings. The topological polar surface area (TPSA) is 9.23 Å². The molecule has 0 saturated heterocycles. The van der Waals surface area contributed by atoms with Gasteiger partial charge in [0.1, 0.15) is 0 Å². The minimum Gasteiger partial charge on any atom is -0.374 e. The molecule has 16 heavy (non-hydrogen) atoms. The van der Waals surface area contributed by atoms with Gasteiger partial charge in [0.25, 0.3) is 0 Å². The molecule has 1 atom stereocenters. The zero-order chi connectivity index (χ0) is 12.0. The molecule has 0 saturated carbocycles. The summed E-state index contributed by atoms with van der Waals surface area (Å²) in [7, 11) is 0. The fourth-order valence-corrected chi connectivity index (χ4v) is 1.76. The predicted molar refractivity (Wildman–Crippen MR) is 69.7 cm³/mol. The standard InChI is InChI=1S/C15H24O/c1-5-6-7-14(4)16-11-15-10-12(2)8-9-13(15)3/h8-10,14H,5-7,11H2,1-4H3. The zero-order valence-corrected chi connectivity index (χ0v) is 11.0. The maximum absolute atomic E-state index is 5.87. The highest BCUT2D eigenvalue weighted by molar-refractivity contribution is 5.29. The number of aryl methyl sites for hydroxylation is 2. The Kier molecular flexibility index (Phi) is 5.54. The smallest absolute Gasteiger partial charge is 0.0723 e. The lowest BCUT2D eigenvalue weighted by Gasteiger charge is -2.14. The van der Waals surface area contributed by atoms with Crippen LogP contribution in [0.3, 0.4) is 0 Å². The monoisotopic (exact) mass is 220 g/mol. The molecule has 0 aliphatic heterocycles. The number of rotatable bonds is 6. The van der Waals surface area contributed by atoms with Crippen LogP contribution in [0.15, 0.2) is 18.2 Å². The Morgan fingerprint density at radius 2 is 2.00 bits per heavy atom. The van der Waals surface area contributed by atoms with E-state index in [1.54, 1.807) is 0 Å². The van der Waals surface area contributed by atoms with Crippen molar-refractivity contribution >= 4 is 0 Å². The number of unbranched alkanes of at least 4 members (excludes halogenated alkanes) is 1. The van der Waals surface area contributed by atoms with Gasteiger partial charge in [-0.3, -0.25) is 0 Å². The highest BCUT2D eigenvalue weighted by atomic mass is 16.5. The van der Waals surface area contributed by atoms with E-state index in [0.29, 0.717) is 6.10 Å². The Morgan fingerprint density at radius 1 is 1.25 bits per heavy atom. The van der Waals surface area contributed by atoms with E-state index in [0.717, 1.165) is 6.61 Å². The van der Waals surface area contributed by atoms with E-state index in [-0.39, 0.29) is 0 Å². The first-order chi connectivity index (χ1) is 7.63. The maximum Gasteiger partial charge on any atom is 0.0723 e. The summed E-state index contributed by atoms with van der Waals surface area (Å²) in [5.41, 5.74) is 3.96. The minimum atomic E-state index is 0.375. The molecule has 1 rings (SSSR count). The molecule has 0 aliphatic carbocycles. The van der Waals surface area contributed by atoms with Crippen molar-refractivity contribution in [2.75, 3.05) is 0 Å². The molecular weight excluding hydrogens is 196 g/mol.